The van der Waals surface area contributed by atoms with Crippen molar-refractivity contribution in [3.63, 3.8) is 0 Å². The van der Waals surface area contributed by atoms with Gasteiger partial charge in [0.1, 0.15) is 11.6 Å². The zero-order chi connectivity index (χ0) is 22.1. The number of ether oxygens (including phenoxy) is 1. The smallest absolute Gasteiger partial charge is 0.236 e. The summed E-state index contributed by atoms with van der Waals surface area (Å²) in [6.07, 6.45) is 0. The van der Waals surface area contributed by atoms with E-state index in [1.807, 2.05) is 60.8 Å². The van der Waals surface area contributed by atoms with E-state index in [1.54, 1.807) is 11.6 Å². The summed E-state index contributed by atoms with van der Waals surface area (Å²) in [5.74, 6) is 1.46. The lowest BCUT2D eigenvalue weighted by Crippen LogP contribution is -2.14. The van der Waals surface area contributed by atoms with Crippen LogP contribution in [0.2, 0.25) is 0 Å². The Morgan fingerprint density at radius 2 is 1.94 bits per heavy atom. The highest BCUT2D eigenvalue weighted by atomic mass is 32.2. The van der Waals surface area contributed by atoms with E-state index >= 15 is 0 Å². The van der Waals surface area contributed by atoms with Gasteiger partial charge in [-0.15, -0.1) is 16.4 Å². The van der Waals surface area contributed by atoms with E-state index in [2.05, 4.69) is 25.4 Å². The standard InChI is InChI=1S/C22H18N6O2S2/c1-13-23-20-16-5-3-4-6-17(16)25-22(28(20)27-13)32-12-19(29)26-21-24-18(11-31-21)14-7-9-15(30-2)10-8-14/h3-11H,12H2,1-2H3,(H,24,26,29). The average molecular weight is 463 g/mol. The molecule has 0 spiro atoms. The number of aromatic nitrogens is 5. The Balaban J connectivity index is 1.30. The molecule has 0 saturated carbocycles. The van der Waals surface area contributed by atoms with Crippen molar-refractivity contribution in [2.45, 2.75) is 12.1 Å². The molecule has 160 valence electrons. The molecule has 0 fully saturated rings. The summed E-state index contributed by atoms with van der Waals surface area (Å²) >= 11 is 2.70. The van der Waals surface area contributed by atoms with Crippen molar-refractivity contribution in [2.75, 3.05) is 18.2 Å². The highest BCUT2D eigenvalue weighted by molar-refractivity contribution is 7.99. The molecule has 1 N–H and O–H groups in total. The number of thiazole rings is 1. The molecule has 3 aromatic heterocycles. The second-order valence-corrected chi connectivity index (χ2v) is 8.71. The number of aryl methyl sites for hydroxylation is 1. The number of para-hydroxylation sites is 1. The first-order valence-electron chi connectivity index (χ1n) is 9.75. The van der Waals surface area contributed by atoms with Gasteiger partial charge in [-0.05, 0) is 43.3 Å². The number of benzene rings is 2. The van der Waals surface area contributed by atoms with Crippen LogP contribution in [0, 0.1) is 6.92 Å². The van der Waals surface area contributed by atoms with Gasteiger partial charge in [-0.1, -0.05) is 23.9 Å². The predicted molar refractivity (Wildman–Crippen MR) is 126 cm³/mol. The van der Waals surface area contributed by atoms with Crippen LogP contribution in [0.15, 0.2) is 59.1 Å². The van der Waals surface area contributed by atoms with Gasteiger partial charge in [0.2, 0.25) is 5.91 Å². The fraction of sp³-hybridized carbons (Fsp3) is 0.136. The summed E-state index contributed by atoms with van der Waals surface area (Å²) in [7, 11) is 1.63. The number of carbonyl (C=O) groups excluding carboxylic acids is 1. The van der Waals surface area contributed by atoms with Crippen molar-refractivity contribution in [1.82, 2.24) is 24.6 Å². The zero-order valence-electron chi connectivity index (χ0n) is 17.3. The monoisotopic (exact) mass is 462 g/mol. The summed E-state index contributed by atoms with van der Waals surface area (Å²) in [6, 6.07) is 15.4. The average Bonchev–Trinajstić information content (AvgIpc) is 3.44. The fourth-order valence-corrected chi connectivity index (χ4v) is 4.72. The summed E-state index contributed by atoms with van der Waals surface area (Å²) in [5, 5.41) is 11.3. The lowest BCUT2D eigenvalue weighted by atomic mass is 10.2. The molecule has 0 aliphatic carbocycles. The number of thioether (sulfide) groups is 1. The third-order valence-corrected chi connectivity index (χ3v) is 6.41. The van der Waals surface area contributed by atoms with Crippen LogP contribution in [0.5, 0.6) is 5.75 Å². The Bertz CT molecular complexity index is 1430. The Labute approximate surface area is 191 Å². The normalized spacial score (nSPS) is 11.2. The topological polar surface area (TPSA) is 94.3 Å². The van der Waals surface area contributed by atoms with Gasteiger partial charge in [-0.2, -0.15) is 4.52 Å². The van der Waals surface area contributed by atoms with Crippen molar-refractivity contribution < 1.29 is 9.53 Å². The van der Waals surface area contributed by atoms with Crippen molar-refractivity contribution in [1.29, 1.82) is 0 Å². The van der Waals surface area contributed by atoms with Gasteiger partial charge in [0.25, 0.3) is 0 Å². The molecule has 0 aliphatic rings. The Hall–Kier alpha value is -3.50. The van der Waals surface area contributed by atoms with E-state index in [9.17, 15) is 4.79 Å². The Morgan fingerprint density at radius 3 is 2.75 bits per heavy atom. The van der Waals surface area contributed by atoms with Gasteiger partial charge >= 0.3 is 0 Å². The van der Waals surface area contributed by atoms with Gasteiger partial charge in [-0.25, -0.2) is 15.0 Å². The van der Waals surface area contributed by atoms with Gasteiger partial charge < -0.3 is 10.1 Å². The maximum Gasteiger partial charge on any atom is 0.236 e. The maximum atomic E-state index is 12.6. The molecule has 0 bridgehead atoms. The van der Waals surface area contributed by atoms with Gasteiger partial charge in [0.15, 0.2) is 15.9 Å². The first-order valence-corrected chi connectivity index (χ1v) is 11.6. The van der Waals surface area contributed by atoms with E-state index < -0.39 is 0 Å². The van der Waals surface area contributed by atoms with Gasteiger partial charge in [0.05, 0.1) is 24.1 Å². The molecule has 1 amide bonds. The second kappa shape index (κ2) is 8.56. The molecule has 8 nitrogen and oxygen atoms in total. The summed E-state index contributed by atoms with van der Waals surface area (Å²) in [5.41, 5.74) is 3.32. The minimum absolute atomic E-state index is 0.162. The fourth-order valence-electron chi connectivity index (χ4n) is 3.24. The lowest BCUT2D eigenvalue weighted by molar-refractivity contribution is -0.113. The van der Waals surface area contributed by atoms with Crippen LogP contribution in [0.1, 0.15) is 5.82 Å². The number of anilines is 1. The number of hydrogen-bond donors (Lipinski definition) is 1. The van der Waals surface area contributed by atoms with E-state index in [-0.39, 0.29) is 11.7 Å². The van der Waals surface area contributed by atoms with Crippen LogP contribution in [0.3, 0.4) is 0 Å². The molecule has 5 rings (SSSR count). The van der Waals surface area contributed by atoms with Crippen molar-refractivity contribution in [3.05, 3.63) is 59.7 Å². The Morgan fingerprint density at radius 1 is 1.12 bits per heavy atom. The van der Waals surface area contributed by atoms with Crippen LogP contribution in [0.4, 0.5) is 5.13 Å². The van der Waals surface area contributed by atoms with Crippen molar-refractivity contribution in [3.8, 4) is 17.0 Å². The molecular weight excluding hydrogens is 444 g/mol. The summed E-state index contributed by atoms with van der Waals surface area (Å²) < 4.78 is 6.88. The van der Waals surface area contributed by atoms with Crippen LogP contribution in [-0.4, -0.2) is 43.3 Å². The zero-order valence-corrected chi connectivity index (χ0v) is 18.9. The van der Waals surface area contributed by atoms with Crippen LogP contribution >= 0.6 is 23.1 Å². The molecular formula is C22H18N6O2S2. The number of rotatable bonds is 6. The second-order valence-electron chi connectivity index (χ2n) is 6.91. The SMILES string of the molecule is COc1ccc(-c2csc(NC(=O)CSc3nc4ccccc4c4nc(C)nn34)n2)cc1. The number of carbonyl (C=O) groups is 1. The van der Waals surface area contributed by atoms with Crippen LogP contribution in [-0.2, 0) is 4.79 Å². The molecule has 0 radical (unpaired) electrons. The summed E-state index contributed by atoms with van der Waals surface area (Å²) in [4.78, 5) is 26.3. The molecule has 10 heteroatoms. The number of amides is 1. The molecule has 0 unspecified atom stereocenters. The minimum Gasteiger partial charge on any atom is -0.497 e. The number of methoxy groups -OCH3 is 1. The number of nitrogens with one attached hydrogen (secondary N) is 1. The first kappa shape index (κ1) is 20.4. The highest BCUT2D eigenvalue weighted by Crippen LogP contribution is 2.27. The number of hydrogen-bond acceptors (Lipinski definition) is 8. The summed E-state index contributed by atoms with van der Waals surface area (Å²) in [6.45, 7) is 1.84. The predicted octanol–water partition coefficient (Wildman–Crippen LogP) is 4.45. The molecule has 2 aromatic carbocycles. The van der Waals surface area contributed by atoms with Crippen LogP contribution in [0.25, 0.3) is 27.8 Å². The quantitative estimate of drug-likeness (QED) is 0.294. The van der Waals surface area contributed by atoms with E-state index in [4.69, 9.17) is 4.74 Å². The van der Waals surface area contributed by atoms with E-state index in [0.717, 1.165) is 33.6 Å². The van der Waals surface area contributed by atoms with Crippen LogP contribution < -0.4 is 10.1 Å². The minimum atomic E-state index is -0.162. The van der Waals surface area contributed by atoms with Crippen molar-refractivity contribution >= 4 is 50.7 Å². The number of nitrogens with zero attached hydrogens (tertiary/aromatic N) is 5. The highest BCUT2D eigenvalue weighted by Gasteiger charge is 2.15. The Kier molecular flexibility index (Phi) is 5.46. The van der Waals surface area contributed by atoms with Gasteiger partial charge in [0, 0.05) is 16.3 Å². The lowest BCUT2D eigenvalue weighted by Gasteiger charge is -2.06. The molecule has 0 atom stereocenters. The van der Waals surface area contributed by atoms with Crippen molar-refractivity contribution in [2.24, 2.45) is 0 Å². The number of fused-ring (bicyclic) bond motifs is 3. The largest absolute Gasteiger partial charge is 0.497 e. The van der Waals surface area contributed by atoms with E-state index in [1.165, 1.54) is 23.1 Å². The maximum absolute atomic E-state index is 12.6. The van der Waals surface area contributed by atoms with Gasteiger partial charge in [-0.3, -0.25) is 4.79 Å². The molecule has 5 aromatic rings. The molecule has 0 aliphatic heterocycles. The third kappa shape index (κ3) is 4.02. The molecule has 0 saturated heterocycles. The third-order valence-electron chi connectivity index (χ3n) is 4.72. The molecule has 3 heterocycles. The molecule has 32 heavy (non-hydrogen) atoms. The van der Waals surface area contributed by atoms with E-state index in [0.29, 0.717) is 16.1 Å². The first-order chi connectivity index (χ1) is 15.6.